The van der Waals surface area contributed by atoms with Crippen LogP contribution in [0.4, 0.5) is 5.69 Å². The van der Waals surface area contributed by atoms with E-state index in [4.69, 9.17) is 0 Å². The van der Waals surface area contributed by atoms with Crippen LogP contribution in [0.2, 0.25) is 0 Å². The molecule has 134 valence electrons. The van der Waals surface area contributed by atoms with Gasteiger partial charge in [0, 0.05) is 22.4 Å². The molecular formula is C22H15N5O. The van der Waals surface area contributed by atoms with Gasteiger partial charge in [-0.1, -0.05) is 30.0 Å². The lowest BCUT2D eigenvalue weighted by atomic mass is 10.1. The zero-order chi connectivity index (χ0) is 19.2. The largest absolute Gasteiger partial charge is 0.322 e. The summed E-state index contributed by atoms with van der Waals surface area (Å²) in [5, 5.41) is 13.9. The Morgan fingerprint density at radius 3 is 2.14 bits per heavy atom. The fourth-order valence-electron chi connectivity index (χ4n) is 2.55. The Labute approximate surface area is 161 Å². The second kappa shape index (κ2) is 7.98. The summed E-state index contributed by atoms with van der Waals surface area (Å²) in [4.78, 5) is 12.4. The second-order valence-electron chi connectivity index (χ2n) is 5.95. The van der Waals surface area contributed by atoms with Crippen LogP contribution in [0.5, 0.6) is 0 Å². The summed E-state index contributed by atoms with van der Waals surface area (Å²) >= 11 is 0. The maximum absolute atomic E-state index is 12.4. The molecule has 0 spiro atoms. The quantitative estimate of drug-likeness (QED) is 0.565. The van der Waals surface area contributed by atoms with Crippen molar-refractivity contribution in [3.63, 3.8) is 0 Å². The molecule has 3 aromatic carbocycles. The Kier molecular flexibility index (Phi) is 4.90. The summed E-state index contributed by atoms with van der Waals surface area (Å²) in [6.45, 7) is 0. The molecule has 0 saturated heterocycles. The van der Waals surface area contributed by atoms with Crippen LogP contribution in [-0.4, -0.2) is 26.1 Å². The molecule has 0 aliphatic rings. The van der Waals surface area contributed by atoms with Crippen molar-refractivity contribution in [2.45, 2.75) is 0 Å². The minimum atomic E-state index is -0.183. The second-order valence-corrected chi connectivity index (χ2v) is 5.95. The van der Waals surface area contributed by atoms with Crippen molar-refractivity contribution in [1.82, 2.24) is 20.2 Å². The number of amides is 1. The molecule has 4 aromatic rings. The first-order chi connectivity index (χ1) is 13.8. The van der Waals surface area contributed by atoms with Crippen molar-refractivity contribution in [2.24, 2.45) is 0 Å². The van der Waals surface area contributed by atoms with Gasteiger partial charge in [0.05, 0.1) is 5.69 Å². The van der Waals surface area contributed by atoms with Crippen LogP contribution >= 0.6 is 0 Å². The number of rotatable bonds is 3. The van der Waals surface area contributed by atoms with Crippen LogP contribution in [0.1, 0.15) is 21.5 Å². The standard InChI is InChI=1S/C22H15N5O/c28-22(24-20-12-14-21(15-13-20)27-16-23-25-26-27)19-10-8-18(9-11-19)7-6-17-4-2-1-3-5-17/h1-5,8-16H,(H,24,28). The van der Waals surface area contributed by atoms with E-state index in [1.165, 1.54) is 6.33 Å². The number of carbonyl (C=O) groups excluding carboxylic acids is 1. The van der Waals surface area contributed by atoms with Gasteiger partial charge >= 0.3 is 0 Å². The van der Waals surface area contributed by atoms with Crippen molar-refractivity contribution >= 4 is 11.6 Å². The van der Waals surface area contributed by atoms with Gasteiger partial charge < -0.3 is 5.32 Å². The summed E-state index contributed by atoms with van der Waals surface area (Å²) in [7, 11) is 0. The van der Waals surface area contributed by atoms with Gasteiger partial charge in [-0.25, -0.2) is 4.68 Å². The minimum Gasteiger partial charge on any atom is -0.322 e. The monoisotopic (exact) mass is 365 g/mol. The molecule has 28 heavy (non-hydrogen) atoms. The van der Waals surface area contributed by atoms with Gasteiger partial charge in [0.25, 0.3) is 5.91 Å². The number of carbonyl (C=O) groups is 1. The zero-order valence-electron chi connectivity index (χ0n) is 14.8. The van der Waals surface area contributed by atoms with Crippen LogP contribution in [-0.2, 0) is 0 Å². The van der Waals surface area contributed by atoms with Gasteiger partial charge in [0.1, 0.15) is 6.33 Å². The van der Waals surface area contributed by atoms with Crippen molar-refractivity contribution in [3.05, 3.63) is 102 Å². The average molecular weight is 365 g/mol. The molecule has 1 heterocycles. The fraction of sp³-hybridized carbons (Fsp3) is 0. The van der Waals surface area contributed by atoms with E-state index in [0.29, 0.717) is 11.3 Å². The number of tetrazole rings is 1. The van der Waals surface area contributed by atoms with Crippen LogP contribution in [0.3, 0.4) is 0 Å². The number of anilines is 1. The van der Waals surface area contributed by atoms with Crippen LogP contribution < -0.4 is 5.32 Å². The molecule has 0 saturated carbocycles. The number of aromatic nitrogens is 4. The van der Waals surface area contributed by atoms with E-state index in [2.05, 4.69) is 32.7 Å². The first kappa shape index (κ1) is 17.2. The van der Waals surface area contributed by atoms with Crippen LogP contribution in [0.15, 0.2) is 85.2 Å². The van der Waals surface area contributed by atoms with E-state index in [1.807, 2.05) is 54.6 Å². The van der Waals surface area contributed by atoms with E-state index in [-0.39, 0.29) is 5.91 Å². The van der Waals surface area contributed by atoms with Gasteiger partial charge in [-0.05, 0) is 71.1 Å². The summed E-state index contributed by atoms with van der Waals surface area (Å²) in [5.41, 5.74) is 3.87. The highest BCUT2D eigenvalue weighted by molar-refractivity contribution is 6.04. The van der Waals surface area contributed by atoms with Gasteiger partial charge in [-0.3, -0.25) is 4.79 Å². The Bertz CT molecular complexity index is 1120. The predicted octanol–water partition coefficient (Wildman–Crippen LogP) is 3.31. The molecule has 6 heteroatoms. The lowest BCUT2D eigenvalue weighted by Crippen LogP contribution is -2.11. The Balaban J connectivity index is 1.42. The summed E-state index contributed by atoms with van der Waals surface area (Å²) in [6.07, 6.45) is 1.51. The third kappa shape index (κ3) is 4.11. The zero-order valence-corrected chi connectivity index (χ0v) is 14.8. The van der Waals surface area contributed by atoms with Crippen molar-refractivity contribution in [2.75, 3.05) is 5.32 Å². The lowest BCUT2D eigenvalue weighted by molar-refractivity contribution is 0.102. The van der Waals surface area contributed by atoms with E-state index in [1.54, 1.807) is 28.9 Å². The number of benzene rings is 3. The molecule has 0 bridgehead atoms. The molecule has 6 nitrogen and oxygen atoms in total. The van der Waals surface area contributed by atoms with Gasteiger partial charge in [0.2, 0.25) is 0 Å². The average Bonchev–Trinajstić information content (AvgIpc) is 3.29. The minimum absolute atomic E-state index is 0.183. The van der Waals surface area contributed by atoms with E-state index in [0.717, 1.165) is 16.8 Å². The normalized spacial score (nSPS) is 10.0. The van der Waals surface area contributed by atoms with E-state index < -0.39 is 0 Å². The van der Waals surface area contributed by atoms with Gasteiger partial charge in [0.15, 0.2) is 0 Å². The molecule has 0 fully saturated rings. The third-order valence-corrected chi connectivity index (χ3v) is 4.01. The van der Waals surface area contributed by atoms with Crippen molar-refractivity contribution in [1.29, 1.82) is 0 Å². The number of hydrogen-bond acceptors (Lipinski definition) is 4. The van der Waals surface area contributed by atoms with Crippen molar-refractivity contribution < 1.29 is 4.79 Å². The Morgan fingerprint density at radius 2 is 1.50 bits per heavy atom. The Hall–Kier alpha value is -4.24. The lowest BCUT2D eigenvalue weighted by Gasteiger charge is -2.06. The molecule has 1 amide bonds. The van der Waals surface area contributed by atoms with E-state index in [9.17, 15) is 4.79 Å². The molecular weight excluding hydrogens is 350 g/mol. The molecule has 0 aliphatic heterocycles. The first-order valence-electron chi connectivity index (χ1n) is 8.60. The predicted molar refractivity (Wildman–Crippen MR) is 106 cm³/mol. The number of nitrogens with zero attached hydrogens (tertiary/aromatic N) is 4. The molecule has 1 aromatic heterocycles. The highest BCUT2D eigenvalue weighted by atomic mass is 16.1. The molecule has 0 atom stereocenters. The van der Waals surface area contributed by atoms with Gasteiger partial charge in [-0.2, -0.15) is 0 Å². The highest BCUT2D eigenvalue weighted by Crippen LogP contribution is 2.14. The molecule has 0 radical (unpaired) electrons. The summed E-state index contributed by atoms with van der Waals surface area (Å²) < 4.78 is 1.54. The smallest absolute Gasteiger partial charge is 0.255 e. The summed E-state index contributed by atoms with van der Waals surface area (Å²) in [6, 6.07) is 24.2. The molecule has 1 N–H and O–H groups in total. The maximum atomic E-state index is 12.4. The topological polar surface area (TPSA) is 72.7 Å². The fourth-order valence-corrected chi connectivity index (χ4v) is 2.55. The summed E-state index contributed by atoms with van der Waals surface area (Å²) in [5.74, 6) is 6.01. The van der Waals surface area contributed by atoms with Gasteiger partial charge in [-0.15, -0.1) is 5.10 Å². The van der Waals surface area contributed by atoms with Crippen molar-refractivity contribution in [3.8, 4) is 17.5 Å². The number of nitrogens with one attached hydrogen (secondary N) is 1. The molecule has 0 unspecified atom stereocenters. The highest BCUT2D eigenvalue weighted by Gasteiger charge is 2.06. The molecule has 4 rings (SSSR count). The first-order valence-corrected chi connectivity index (χ1v) is 8.60. The Morgan fingerprint density at radius 1 is 0.821 bits per heavy atom. The van der Waals surface area contributed by atoms with Crippen LogP contribution in [0.25, 0.3) is 5.69 Å². The van der Waals surface area contributed by atoms with Crippen LogP contribution in [0, 0.1) is 11.8 Å². The maximum Gasteiger partial charge on any atom is 0.255 e. The van der Waals surface area contributed by atoms with E-state index >= 15 is 0 Å². The SMILES string of the molecule is O=C(Nc1ccc(-n2cnnn2)cc1)c1ccc(C#Cc2ccccc2)cc1. The molecule has 0 aliphatic carbocycles. The third-order valence-electron chi connectivity index (χ3n) is 4.01. The number of hydrogen-bond donors (Lipinski definition) is 1.